The number of amidine groups is 1. The maximum absolute atomic E-state index is 11.2. The SMILES string of the molecule is CC(=N)N1c2cnc(C(=O)O)cc2CC(C[n+]2cccnc2)C1O. The number of carbonyl (C=O) groups is 1. The first-order valence-electron chi connectivity index (χ1n) is 7.51. The van der Waals surface area contributed by atoms with Crippen LogP contribution in [0.3, 0.4) is 0 Å². The Bertz CT molecular complexity index is 781. The molecular weight excluding hydrogens is 310 g/mol. The molecule has 0 bridgehead atoms. The fourth-order valence-corrected chi connectivity index (χ4v) is 3.01. The number of carboxylic acids is 1. The minimum Gasteiger partial charge on any atom is -0.477 e. The molecule has 3 N–H and O–H groups in total. The molecule has 0 aromatic carbocycles. The third-order valence-electron chi connectivity index (χ3n) is 4.08. The maximum atomic E-state index is 11.2. The quantitative estimate of drug-likeness (QED) is 0.428. The summed E-state index contributed by atoms with van der Waals surface area (Å²) in [5.74, 6) is -1.13. The van der Waals surface area contributed by atoms with E-state index in [4.69, 9.17) is 10.5 Å². The first-order valence-corrected chi connectivity index (χ1v) is 7.51. The van der Waals surface area contributed by atoms with Crippen LogP contribution in [0.5, 0.6) is 0 Å². The summed E-state index contributed by atoms with van der Waals surface area (Å²) in [4.78, 5) is 20.6. The molecule has 2 atom stereocenters. The molecule has 0 saturated carbocycles. The van der Waals surface area contributed by atoms with E-state index >= 15 is 0 Å². The molecule has 2 aromatic rings. The average molecular weight is 328 g/mol. The van der Waals surface area contributed by atoms with Crippen LogP contribution in [0.4, 0.5) is 5.69 Å². The molecule has 0 spiro atoms. The highest BCUT2D eigenvalue weighted by Gasteiger charge is 2.36. The molecule has 0 saturated heterocycles. The fourth-order valence-electron chi connectivity index (χ4n) is 3.01. The zero-order valence-electron chi connectivity index (χ0n) is 13.1. The number of pyridine rings is 1. The summed E-state index contributed by atoms with van der Waals surface area (Å²) in [6, 6.07) is 3.32. The highest BCUT2D eigenvalue weighted by atomic mass is 16.4. The molecule has 24 heavy (non-hydrogen) atoms. The van der Waals surface area contributed by atoms with Gasteiger partial charge in [-0.1, -0.05) is 4.98 Å². The lowest BCUT2D eigenvalue weighted by molar-refractivity contribution is -0.707. The Morgan fingerprint density at radius 3 is 2.96 bits per heavy atom. The van der Waals surface area contributed by atoms with Gasteiger partial charge in [0.1, 0.15) is 18.1 Å². The van der Waals surface area contributed by atoms with Gasteiger partial charge < -0.3 is 15.1 Å². The molecule has 0 amide bonds. The first-order chi connectivity index (χ1) is 11.5. The van der Waals surface area contributed by atoms with E-state index in [9.17, 15) is 9.90 Å². The Labute approximate surface area is 138 Å². The predicted octanol–water partition coefficient (Wildman–Crippen LogP) is 0.457. The lowest BCUT2D eigenvalue weighted by atomic mass is 9.90. The number of hydrogen-bond acceptors (Lipinski definition) is 5. The summed E-state index contributed by atoms with van der Waals surface area (Å²) in [6.45, 7) is 2.08. The van der Waals surface area contributed by atoms with Crippen molar-refractivity contribution in [3.8, 4) is 0 Å². The second-order valence-electron chi connectivity index (χ2n) is 5.79. The number of nitrogens with zero attached hydrogens (tertiary/aromatic N) is 4. The highest BCUT2D eigenvalue weighted by Crippen LogP contribution is 2.33. The van der Waals surface area contributed by atoms with Crippen molar-refractivity contribution >= 4 is 17.5 Å². The van der Waals surface area contributed by atoms with Gasteiger partial charge in [0.05, 0.1) is 30.5 Å². The molecule has 1 aliphatic heterocycles. The van der Waals surface area contributed by atoms with E-state index in [1.54, 1.807) is 25.5 Å². The van der Waals surface area contributed by atoms with Gasteiger partial charge in [-0.05, 0) is 25.0 Å². The monoisotopic (exact) mass is 328 g/mol. The van der Waals surface area contributed by atoms with E-state index < -0.39 is 12.2 Å². The van der Waals surface area contributed by atoms with Crippen LogP contribution in [0.15, 0.2) is 37.1 Å². The van der Waals surface area contributed by atoms with Crippen molar-refractivity contribution in [1.29, 1.82) is 5.41 Å². The van der Waals surface area contributed by atoms with Crippen LogP contribution in [0.25, 0.3) is 0 Å². The Morgan fingerprint density at radius 1 is 1.54 bits per heavy atom. The smallest absolute Gasteiger partial charge is 0.354 e. The Balaban J connectivity index is 1.98. The summed E-state index contributed by atoms with van der Waals surface area (Å²) < 4.78 is 1.86. The summed E-state index contributed by atoms with van der Waals surface area (Å²) in [7, 11) is 0. The number of hydrogen-bond donors (Lipinski definition) is 3. The largest absolute Gasteiger partial charge is 0.477 e. The number of aromatic nitrogens is 3. The van der Waals surface area contributed by atoms with Crippen molar-refractivity contribution in [2.45, 2.75) is 26.1 Å². The van der Waals surface area contributed by atoms with Gasteiger partial charge in [0.15, 0.2) is 0 Å². The van der Waals surface area contributed by atoms with E-state index in [0.29, 0.717) is 18.7 Å². The number of aromatic carboxylic acids is 1. The molecule has 1 aliphatic rings. The molecule has 0 fully saturated rings. The lowest BCUT2D eigenvalue weighted by Crippen LogP contribution is -2.52. The van der Waals surface area contributed by atoms with Gasteiger partial charge in [0, 0.05) is 12.0 Å². The summed E-state index contributed by atoms with van der Waals surface area (Å²) >= 11 is 0. The number of aliphatic hydroxyl groups excluding tert-OH is 1. The molecule has 124 valence electrons. The molecular formula is C16H18N5O3+. The molecule has 2 aromatic heterocycles. The van der Waals surface area contributed by atoms with Crippen molar-refractivity contribution < 1.29 is 19.6 Å². The van der Waals surface area contributed by atoms with Crippen LogP contribution in [-0.4, -0.2) is 38.2 Å². The Morgan fingerprint density at radius 2 is 2.33 bits per heavy atom. The highest BCUT2D eigenvalue weighted by molar-refractivity contribution is 5.96. The third kappa shape index (κ3) is 2.95. The second-order valence-corrected chi connectivity index (χ2v) is 5.79. The molecule has 8 heteroatoms. The Hall–Kier alpha value is -2.87. The minimum absolute atomic E-state index is 0.0412. The standard InChI is InChI=1S/C16H17N5O3/c1-10(17)21-14-7-19-13(16(23)24)6-11(14)5-12(15(21)22)8-20-4-2-3-18-9-20/h2-4,6-7,9,12,15,17,22H,5,8H2,1H3/p+1. The topological polar surface area (TPSA) is 114 Å². The fraction of sp³-hybridized carbons (Fsp3) is 0.312. The van der Waals surface area contributed by atoms with Gasteiger partial charge in [-0.2, -0.15) is 0 Å². The van der Waals surface area contributed by atoms with Crippen LogP contribution in [0, 0.1) is 11.3 Å². The van der Waals surface area contributed by atoms with Gasteiger partial charge in [0.25, 0.3) is 6.33 Å². The summed E-state index contributed by atoms with van der Waals surface area (Å²) in [5, 5.41) is 27.8. The number of rotatable bonds is 3. The average Bonchev–Trinajstić information content (AvgIpc) is 2.55. The number of anilines is 1. The molecule has 0 aliphatic carbocycles. The third-order valence-corrected chi connectivity index (χ3v) is 4.08. The number of aliphatic hydroxyl groups is 1. The van der Waals surface area contributed by atoms with E-state index in [0.717, 1.165) is 5.56 Å². The molecule has 8 nitrogen and oxygen atoms in total. The van der Waals surface area contributed by atoms with E-state index in [-0.39, 0.29) is 17.4 Å². The van der Waals surface area contributed by atoms with Crippen molar-refractivity contribution in [2.24, 2.45) is 5.92 Å². The van der Waals surface area contributed by atoms with Crippen LogP contribution in [0.2, 0.25) is 0 Å². The van der Waals surface area contributed by atoms with Crippen LogP contribution in [-0.2, 0) is 13.0 Å². The number of fused-ring (bicyclic) bond motifs is 1. The van der Waals surface area contributed by atoms with Gasteiger partial charge in [-0.15, -0.1) is 0 Å². The summed E-state index contributed by atoms with van der Waals surface area (Å²) in [6.07, 6.45) is 6.20. The van der Waals surface area contributed by atoms with Gasteiger partial charge in [0.2, 0.25) is 0 Å². The zero-order chi connectivity index (χ0) is 17.3. The maximum Gasteiger partial charge on any atom is 0.354 e. The van der Waals surface area contributed by atoms with Crippen LogP contribution in [0.1, 0.15) is 23.0 Å². The predicted molar refractivity (Wildman–Crippen MR) is 84.7 cm³/mol. The second kappa shape index (κ2) is 6.32. The van der Waals surface area contributed by atoms with Crippen molar-refractivity contribution in [2.75, 3.05) is 4.90 Å². The molecule has 3 rings (SSSR count). The van der Waals surface area contributed by atoms with Gasteiger partial charge >= 0.3 is 5.97 Å². The van der Waals surface area contributed by atoms with Crippen molar-refractivity contribution in [3.63, 3.8) is 0 Å². The van der Waals surface area contributed by atoms with Gasteiger partial charge in [-0.3, -0.25) is 5.41 Å². The molecule has 3 heterocycles. The minimum atomic E-state index is -1.10. The van der Waals surface area contributed by atoms with Gasteiger partial charge in [-0.25, -0.2) is 14.3 Å². The lowest BCUT2D eigenvalue weighted by Gasteiger charge is -2.39. The van der Waals surface area contributed by atoms with Crippen molar-refractivity contribution in [3.05, 3.63) is 48.3 Å². The Kier molecular flexibility index (Phi) is 4.22. The molecule has 2 unspecified atom stereocenters. The normalized spacial score (nSPS) is 19.7. The summed E-state index contributed by atoms with van der Waals surface area (Å²) in [5.41, 5.74) is 1.29. The number of carboxylic acid groups (broad SMARTS) is 1. The van der Waals surface area contributed by atoms with E-state index in [1.165, 1.54) is 17.2 Å². The zero-order valence-corrected chi connectivity index (χ0v) is 13.1. The number of nitrogens with one attached hydrogen (secondary N) is 1. The first kappa shape index (κ1) is 16.0. The van der Waals surface area contributed by atoms with E-state index in [2.05, 4.69) is 9.97 Å². The van der Waals surface area contributed by atoms with Crippen LogP contribution < -0.4 is 9.47 Å². The molecule has 0 radical (unpaired) electrons. The van der Waals surface area contributed by atoms with E-state index in [1.807, 2.05) is 10.8 Å². The van der Waals surface area contributed by atoms with Crippen LogP contribution >= 0.6 is 0 Å². The van der Waals surface area contributed by atoms with Crippen molar-refractivity contribution in [1.82, 2.24) is 9.97 Å².